The second kappa shape index (κ2) is 5.60. The molecule has 1 aliphatic heterocycles. The normalized spacial score (nSPS) is 27.0. The van der Waals surface area contributed by atoms with Crippen molar-refractivity contribution in [3.05, 3.63) is 0 Å². The number of carbonyl (C=O) groups excluding carboxylic acids is 2. The summed E-state index contributed by atoms with van der Waals surface area (Å²) in [6.07, 6.45) is 5.43. The van der Waals surface area contributed by atoms with Gasteiger partial charge >= 0.3 is 0 Å². The number of likely N-dealkylation sites (tertiary alicyclic amines) is 1. The highest BCUT2D eigenvalue weighted by Crippen LogP contribution is 2.31. The van der Waals surface area contributed by atoms with E-state index in [1.165, 1.54) is 11.3 Å². The fourth-order valence-corrected chi connectivity index (χ4v) is 3.41. The van der Waals surface area contributed by atoms with Gasteiger partial charge in [-0.1, -0.05) is 31.0 Å². The molecule has 1 unspecified atom stereocenters. The first-order chi connectivity index (χ1) is 8.63. The lowest BCUT2D eigenvalue weighted by Gasteiger charge is -2.29. The molecule has 2 aliphatic rings. The maximum absolute atomic E-state index is 12.2. The third-order valence-electron chi connectivity index (χ3n) is 3.47. The van der Waals surface area contributed by atoms with Crippen molar-refractivity contribution in [3.8, 4) is 0 Å². The Morgan fingerprint density at radius 1 is 1.28 bits per heavy atom. The van der Waals surface area contributed by atoms with E-state index in [1.54, 1.807) is 0 Å². The van der Waals surface area contributed by atoms with Gasteiger partial charge in [0.2, 0.25) is 11.8 Å². The van der Waals surface area contributed by atoms with Gasteiger partial charge in [-0.05, 0) is 12.8 Å². The molecule has 18 heavy (non-hydrogen) atoms. The van der Waals surface area contributed by atoms with E-state index in [2.05, 4.69) is 5.10 Å². The predicted octanol–water partition coefficient (Wildman–Crippen LogP) is 0.368. The molecule has 100 valence electrons. The molecule has 2 amide bonds. The second-order valence-electron chi connectivity index (χ2n) is 4.67. The highest BCUT2D eigenvalue weighted by molar-refractivity contribution is 8.14. The van der Waals surface area contributed by atoms with E-state index in [0.29, 0.717) is 0 Å². The number of thioether (sulfide) groups is 1. The summed E-state index contributed by atoms with van der Waals surface area (Å²) in [5.41, 5.74) is 5.49. The standard InChI is InChI=1S/C11H18N4O2S/c12-11(14-13)18-8-6-9(16)15(10(8)17)7-4-2-1-3-5-7/h7-8H,1-6,13H2,(H2,12,14). The molecule has 1 heterocycles. The minimum Gasteiger partial charge on any atom is -0.377 e. The van der Waals surface area contributed by atoms with Gasteiger partial charge in [0.05, 0.1) is 0 Å². The Morgan fingerprint density at radius 3 is 2.56 bits per heavy atom. The Morgan fingerprint density at radius 2 is 1.94 bits per heavy atom. The van der Waals surface area contributed by atoms with Crippen molar-refractivity contribution in [1.29, 1.82) is 0 Å². The second-order valence-corrected chi connectivity index (χ2v) is 5.89. The summed E-state index contributed by atoms with van der Waals surface area (Å²) in [5.74, 6) is 4.82. The van der Waals surface area contributed by atoms with E-state index in [0.717, 1.165) is 37.4 Å². The maximum atomic E-state index is 12.2. The molecule has 7 heteroatoms. The lowest BCUT2D eigenvalue weighted by molar-refractivity contribution is -0.141. The van der Waals surface area contributed by atoms with Crippen molar-refractivity contribution in [2.24, 2.45) is 16.7 Å². The Labute approximate surface area is 110 Å². The monoisotopic (exact) mass is 270 g/mol. The quantitative estimate of drug-likeness (QED) is 0.248. The molecule has 0 aromatic heterocycles. The van der Waals surface area contributed by atoms with E-state index < -0.39 is 5.25 Å². The highest BCUT2D eigenvalue weighted by Gasteiger charge is 2.43. The van der Waals surface area contributed by atoms with Crippen molar-refractivity contribution in [2.45, 2.75) is 49.8 Å². The van der Waals surface area contributed by atoms with Crippen LogP contribution >= 0.6 is 11.8 Å². The van der Waals surface area contributed by atoms with Crippen LogP contribution in [-0.2, 0) is 9.59 Å². The number of nitrogens with two attached hydrogens (primary N) is 2. The summed E-state index contributed by atoms with van der Waals surface area (Å²) >= 11 is 1.08. The molecular formula is C11H18N4O2S. The van der Waals surface area contributed by atoms with Crippen molar-refractivity contribution in [3.63, 3.8) is 0 Å². The van der Waals surface area contributed by atoms with Crippen LogP contribution in [0.2, 0.25) is 0 Å². The summed E-state index contributed by atoms with van der Waals surface area (Å²) in [6.45, 7) is 0. The summed E-state index contributed by atoms with van der Waals surface area (Å²) in [6, 6.07) is 0.0837. The van der Waals surface area contributed by atoms with Gasteiger partial charge in [0.25, 0.3) is 0 Å². The first-order valence-electron chi connectivity index (χ1n) is 6.19. The first kappa shape index (κ1) is 13.2. The Balaban J connectivity index is 2.04. The van der Waals surface area contributed by atoms with Crippen molar-refractivity contribution in [1.82, 2.24) is 4.90 Å². The molecule has 1 saturated carbocycles. The average Bonchev–Trinajstić information content (AvgIpc) is 2.65. The summed E-state index contributed by atoms with van der Waals surface area (Å²) in [4.78, 5) is 25.6. The van der Waals surface area contributed by atoms with Crippen LogP contribution in [0.25, 0.3) is 0 Å². The molecule has 0 aromatic carbocycles. The van der Waals surface area contributed by atoms with Gasteiger partial charge < -0.3 is 11.6 Å². The summed E-state index contributed by atoms with van der Waals surface area (Å²) in [5, 5.41) is 3.02. The molecule has 1 aliphatic carbocycles. The Hall–Kier alpha value is -1.24. The molecule has 0 spiro atoms. The number of hydrogen-bond acceptors (Lipinski definition) is 5. The van der Waals surface area contributed by atoms with Crippen molar-refractivity contribution < 1.29 is 9.59 Å². The van der Waals surface area contributed by atoms with E-state index in [1.807, 2.05) is 0 Å². The van der Waals surface area contributed by atoms with Crippen LogP contribution in [0.4, 0.5) is 0 Å². The summed E-state index contributed by atoms with van der Waals surface area (Å²) in [7, 11) is 0. The van der Waals surface area contributed by atoms with Gasteiger partial charge in [-0.3, -0.25) is 14.5 Å². The van der Waals surface area contributed by atoms with Crippen molar-refractivity contribution >= 4 is 28.7 Å². The zero-order valence-corrected chi connectivity index (χ0v) is 11.0. The molecule has 2 fully saturated rings. The van der Waals surface area contributed by atoms with Gasteiger partial charge in [0, 0.05) is 12.5 Å². The number of nitrogens with zero attached hydrogens (tertiary/aromatic N) is 2. The van der Waals surface area contributed by atoms with Gasteiger partial charge in [-0.25, -0.2) is 0 Å². The zero-order valence-electron chi connectivity index (χ0n) is 10.2. The molecular weight excluding hydrogens is 252 g/mol. The van der Waals surface area contributed by atoms with E-state index in [4.69, 9.17) is 11.6 Å². The Bertz CT molecular complexity index is 379. The number of carbonyl (C=O) groups is 2. The molecule has 0 aromatic rings. The molecule has 1 saturated heterocycles. The van der Waals surface area contributed by atoms with Crippen LogP contribution in [0.1, 0.15) is 38.5 Å². The van der Waals surface area contributed by atoms with Crippen LogP contribution < -0.4 is 11.6 Å². The smallest absolute Gasteiger partial charge is 0.243 e. The lowest BCUT2D eigenvalue weighted by Crippen LogP contribution is -2.42. The molecule has 1 atom stereocenters. The number of rotatable bonds is 2. The minimum atomic E-state index is -0.452. The third-order valence-corrected chi connectivity index (χ3v) is 4.47. The number of amides is 2. The molecule has 2 rings (SSSR count). The number of imide groups is 1. The van der Waals surface area contributed by atoms with Crippen LogP contribution in [0.15, 0.2) is 5.10 Å². The van der Waals surface area contributed by atoms with E-state index in [-0.39, 0.29) is 29.4 Å². The molecule has 0 radical (unpaired) electrons. The maximum Gasteiger partial charge on any atom is 0.243 e. The largest absolute Gasteiger partial charge is 0.377 e. The lowest BCUT2D eigenvalue weighted by atomic mass is 9.94. The fourth-order valence-electron chi connectivity index (χ4n) is 2.61. The molecule has 4 N–H and O–H groups in total. The van der Waals surface area contributed by atoms with Gasteiger partial charge in [0.15, 0.2) is 5.17 Å². The predicted molar refractivity (Wildman–Crippen MR) is 70.5 cm³/mol. The van der Waals surface area contributed by atoms with Gasteiger partial charge in [-0.2, -0.15) is 5.10 Å². The zero-order chi connectivity index (χ0) is 13.1. The Kier molecular flexibility index (Phi) is 4.11. The summed E-state index contributed by atoms with van der Waals surface area (Å²) < 4.78 is 0. The van der Waals surface area contributed by atoms with Crippen LogP contribution in [0.3, 0.4) is 0 Å². The van der Waals surface area contributed by atoms with E-state index >= 15 is 0 Å². The van der Waals surface area contributed by atoms with Gasteiger partial charge in [-0.15, -0.1) is 0 Å². The molecule has 0 bridgehead atoms. The minimum absolute atomic E-state index is 0.0837. The first-order valence-corrected chi connectivity index (χ1v) is 7.07. The van der Waals surface area contributed by atoms with Crippen LogP contribution in [-0.4, -0.2) is 33.2 Å². The average molecular weight is 270 g/mol. The SMILES string of the molecule is NN=C(N)SC1CC(=O)N(C2CCCCC2)C1=O. The van der Waals surface area contributed by atoms with Crippen LogP contribution in [0.5, 0.6) is 0 Å². The number of amidine groups is 1. The highest BCUT2D eigenvalue weighted by atomic mass is 32.2. The third kappa shape index (κ3) is 2.60. The fraction of sp³-hybridized carbons (Fsp3) is 0.727. The van der Waals surface area contributed by atoms with E-state index in [9.17, 15) is 9.59 Å². The van der Waals surface area contributed by atoms with Crippen LogP contribution in [0, 0.1) is 0 Å². The van der Waals surface area contributed by atoms with Gasteiger partial charge in [0.1, 0.15) is 5.25 Å². The number of hydrogen-bond donors (Lipinski definition) is 2. The molecule has 6 nitrogen and oxygen atoms in total. The van der Waals surface area contributed by atoms with Crippen molar-refractivity contribution in [2.75, 3.05) is 0 Å². The number of hydrazone groups is 1. The topological polar surface area (TPSA) is 102 Å².